The molecule has 0 atom stereocenters. The molecule has 1 heterocycles. The van der Waals surface area contributed by atoms with Crippen LogP contribution in [0.5, 0.6) is 0 Å². The molecule has 2 aromatic rings. The van der Waals surface area contributed by atoms with E-state index < -0.39 is 17.5 Å². The van der Waals surface area contributed by atoms with E-state index in [1.807, 2.05) is 0 Å². The minimum Gasteiger partial charge on any atom is -0.355 e. The highest BCUT2D eigenvalue weighted by Gasteiger charge is 2.15. The zero-order chi connectivity index (χ0) is 14.7. The predicted molar refractivity (Wildman–Crippen MR) is 72.0 cm³/mol. The van der Waals surface area contributed by atoms with E-state index in [1.54, 1.807) is 11.4 Å². The molecule has 0 bridgehead atoms. The zero-order valence-corrected chi connectivity index (χ0v) is 11.2. The Morgan fingerprint density at radius 2 is 1.85 bits per heavy atom. The van der Waals surface area contributed by atoms with E-state index in [9.17, 15) is 18.4 Å². The highest BCUT2D eigenvalue weighted by Crippen LogP contribution is 2.24. The molecule has 4 nitrogen and oxygen atoms in total. The SMILES string of the molecule is CNC(=O)c1ccsc1NC(=O)c1ccc(F)c(F)c1. The summed E-state index contributed by atoms with van der Waals surface area (Å²) in [6.07, 6.45) is 0. The quantitative estimate of drug-likeness (QED) is 0.914. The average Bonchev–Trinajstić information content (AvgIpc) is 2.89. The number of hydrogen-bond acceptors (Lipinski definition) is 3. The van der Waals surface area contributed by atoms with Crippen molar-refractivity contribution in [2.75, 3.05) is 12.4 Å². The topological polar surface area (TPSA) is 58.2 Å². The highest BCUT2D eigenvalue weighted by molar-refractivity contribution is 7.14. The van der Waals surface area contributed by atoms with Gasteiger partial charge in [-0.2, -0.15) is 0 Å². The lowest BCUT2D eigenvalue weighted by molar-refractivity contribution is 0.0964. The minimum absolute atomic E-state index is 0.0276. The lowest BCUT2D eigenvalue weighted by Gasteiger charge is -2.06. The Morgan fingerprint density at radius 3 is 2.50 bits per heavy atom. The Balaban J connectivity index is 2.22. The maximum Gasteiger partial charge on any atom is 0.256 e. The van der Waals surface area contributed by atoms with Crippen LogP contribution < -0.4 is 10.6 Å². The number of amides is 2. The normalized spacial score (nSPS) is 10.2. The molecule has 0 saturated heterocycles. The summed E-state index contributed by atoms with van der Waals surface area (Å²) >= 11 is 1.16. The van der Waals surface area contributed by atoms with Gasteiger partial charge >= 0.3 is 0 Å². The summed E-state index contributed by atoms with van der Waals surface area (Å²) in [5.74, 6) is -3.08. The lowest BCUT2D eigenvalue weighted by Crippen LogP contribution is -2.20. The van der Waals surface area contributed by atoms with Crippen LogP contribution in [-0.2, 0) is 0 Å². The molecule has 0 spiro atoms. The van der Waals surface area contributed by atoms with Gasteiger partial charge in [0.05, 0.1) is 5.56 Å². The molecule has 0 radical (unpaired) electrons. The number of thiophene rings is 1. The Hall–Kier alpha value is -2.28. The van der Waals surface area contributed by atoms with Gasteiger partial charge in [0.2, 0.25) is 0 Å². The lowest BCUT2D eigenvalue weighted by atomic mass is 10.2. The second-order valence-electron chi connectivity index (χ2n) is 3.83. The summed E-state index contributed by atoms with van der Waals surface area (Å²) in [5.41, 5.74) is 0.286. The van der Waals surface area contributed by atoms with Gasteiger partial charge in [-0.05, 0) is 29.6 Å². The van der Waals surface area contributed by atoms with E-state index in [2.05, 4.69) is 10.6 Å². The van der Waals surface area contributed by atoms with E-state index in [1.165, 1.54) is 13.1 Å². The minimum atomic E-state index is -1.10. The Kier molecular flexibility index (Phi) is 4.09. The van der Waals surface area contributed by atoms with Crippen LogP contribution in [0.3, 0.4) is 0 Å². The van der Waals surface area contributed by atoms with Crippen molar-refractivity contribution in [1.82, 2.24) is 5.32 Å². The summed E-state index contributed by atoms with van der Waals surface area (Å²) < 4.78 is 25.9. The number of halogens is 2. The van der Waals surface area contributed by atoms with Crippen LogP contribution in [-0.4, -0.2) is 18.9 Å². The summed E-state index contributed by atoms with van der Waals surface area (Å²) in [7, 11) is 1.47. The summed E-state index contributed by atoms with van der Waals surface area (Å²) in [5, 5.41) is 6.93. The molecule has 7 heteroatoms. The number of carbonyl (C=O) groups excluding carboxylic acids is 2. The largest absolute Gasteiger partial charge is 0.355 e. The van der Waals surface area contributed by atoms with Crippen LogP contribution in [0, 0.1) is 11.6 Å². The second kappa shape index (κ2) is 5.79. The van der Waals surface area contributed by atoms with Gasteiger partial charge in [-0.1, -0.05) is 0 Å². The third kappa shape index (κ3) is 2.83. The number of nitrogens with one attached hydrogen (secondary N) is 2. The van der Waals surface area contributed by atoms with Crippen molar-refractivity contribution in [3.63, 3.8) is 0 Å². The Labute approximate surface area is 117 Å². The maximum atomic E-state index is 13.1. The predicted octanol–water partition coefficient (Wildman–Crippen LogP) is 2.64. The molecule has 0 aliphatic carbocycles. The van der Waals surface area contributed by atoms with Crippen molar-refractivity contribution in [1.29, 1.82) is 0 Å². The third-order valence-electron chi connectivity index (χ3n) is 2.55. The third-order valence-corrected chi connectivity index (χ3v) is 3.38. The first-order chi connectivity index (χ1) is 9.52. The number of carbonyl (C=O) groups is 2. The average molecular weight is 296 g/mol. The van der Waals surface area contributed by atoms with Crippen molar-refractivity contribution in [3.05, 3.63) is 52.4 Å². The van der Waals surface area contributed by atoms with Crippen LogP contribution in [0.1, 0.15) is 20.7 Å². The van der Waals surface area contributed by atoms with Gasteiger partial charge in [0, 0.05) is 12.6 Å². The van der Waals surface area contributed by atoms with E-state index >= 15 is 0 Å². The van der Waals surface area contributed by atoms with Crippen LogP contribution in [0.4, 0.5) is 13.8 Å². The number of anilines is 1. The Morgan fingerprint density at radius 1 is 1.10 bits per heavy atom. The standard InChI is InChI=1S/C13H10F2N2O2S/c1-16-12(19)8-4-5-20-13(8)17-11(18)7-2-3-9(14)10(15)6-7/h2-6H,1H3,(H,16,19)(H,17,18). The van der Waals surface area contributed by atoms with E-state index in [-0.39, 0.29) is 11.5 Å². The van der Waals surface area contributed by atoms with E-state index in [0.717, 1.165) is 23.5 Å². The molecule has 0 aliphatic rings. The fourth-order valence-corrected chi connectivity index (χ4v) is 2.31. The van der Waals surface area contributed by atoms with Crippen LogP contribution in [0.15, 0.2) is 29.6 Å². The van der Waals surface area contributed by atoms with Crippen molar-refractivity contribution in [3.8, 4) is 0 Å². The van der Waals surface area contributed by atoms with Crippen LogP contribution in [0.2, 0.25) is 0 Å². The van der Waals surface area contributed by atoms with Gasteiger partial charge in [0.15, 0.2) is 11.6 Å². The zero-order valence-electron chi connectivity index (χ0n) is 10.4. The summed E-state index contributed by atoms with van der Waals surface area (Å²) in [4.78, 5) is 23.5. The summed E-state index contributed by atoms with van der Waals surface area (Å²) in [6, 6.07) is 4.40. The maximum absolute atomic E-state index is 13.1. The molecular weight excluding hydrogens is 286 g/mol. The molecule has 2 N–H and O–H groups in total. The van der Waals surface area contributed by atoms with Crippen LogP contribution >= 0.6 is 11.3 Å². The van der Waals surface area contributed by atoms with Gasteiger partial charge in [0.1, 0.15) is 5.00 Å². The molecule has 0 saturated carbocycles. The highest BCUT2D eigenvalue weighted by atomic mass is 32.1. The molecule has 20 heavy (non-hydrogen) atoms. The van der Waals surface area contributed by atoms with Crippen molar-refractivity contribution in [2.45, 2.75) is 0 Å². The van der Waals surface area contributed by atoms with Crippen LogP contribution in [0.25, 0.3) is 0 Å². The molecule has 104 valence electrons. The molecule has 0 unspecified atom stereocenters. The van der Waals surface area contributed by atoms with Gasteiger partial charge in [0.25, 0.3) is 11.8 Å². The fraction of sp³-hybridized carbons (Fsp3) is 0.0769. The molecule has 1 aromatic carbocycles. The fourth-order valence-electron chi connectivity index (χ4n) is 1.53. The molecule has 0 fully saturated rings. The van der Waals surface area contributed by atoms with Crippen molar-refractivity contribution >= 4 is 28.2 Å². The van der Waals surface area contributed by atoms with E-state index in [0.29, 0.717) is 10.6 Å². The molecular formula is C13H10F2N2O2S. The number of benzene rings is 1. The summed E-state index contributed by atoms with van der Waals surface area (Å²) in [6.45, 7) is 0. The first-order valence-corrected chi connectivity index (χ1v) is 6.47. The van der Waals surface area contributed by atoms with E-state index in [4.69, 9.17) is 0 Å². The monoisotopic (exact) mass is 296 g/mol. The number of rotatable bonds is 3. The van der Waals surface area contributed by atoms with Gasteiger partial charge in [-0.15, -0.1) is 11.3 Å². The molecule has 0 aliphatic heterocycles. The molecule has 1 aromatic heterocycles. The van der Waals surface area contributed by atoms with Gasteiger partial charge in [-0.25, -0.2) is 8.78 Å². The molecule has 2 rings (SSSR count). The van der Waals surface area contributed by atoms with Crippen molar-refractivity contribution in [2.24, 2.45) is 0 Å². The Bertz CT molecular complexity index is 670. The number of hydrogen-bond donors (Lipinski definition) is 2. The first kappa shape index (κ1) is 14.1. The van der Waals surface area contributed by atoms with Gasteiger partial charge in [-0.3, -0.25) is 9.59 Å². The van der Waals surface area contributed by atoms with Gasteiger partial charge < -0.3 is 10.6 Å². The molecule has 2 amide bonds. The van der Waals surface area contributed by atoms with Crippen molar-refractivity contribution < 1.29 is 18.4 Å². The first-order valence-electron chi connectivity index (χ1n) is 5.59. The second-order valence-corrected chi connectivity index (χ2v) is 4.74. The smallest absolute Gasteiger partial charge is 0.256 e.